The van der Waals surface area contributed by atoms with Gasteiger partial charge in [-0.2, -0.15) is 0 Å². The predicted octanol–water partition coefficient (Wildman–Crippen LogP) is 3.05. The zero-order valence-corrected chi connectivity index (χ0v) is 13.7. The van der Waals surface area contributed by atoms with E-state index in [2.05, 4.69) is 25.7 Å². The second kappa shape index (κ2) is 9.75. The molecule has 1 aliphatic rings. The van der Waals surface area contributed by atoms with Crippen molar-refractivity contribution in [2.45, 2.75) is 77.9 Å². The molecule has 0 bridgehead atoms. The van der Waals surface area contributed by atoms with Crippen LogP contribution in [-0.2, 0) is 0 Å². The highest BCUT2D eigenvalue weighted by molar-refractivity contribution is 4.83. The topological polar surface area (TPSA) is 43.7 Å². The van der Waals surface area contributed by atoms with Crippen molar-refractivity contribution in [1.29, 1.82) is 0 Å². The Morgan fingerprint density at radius 1 is 1.15 bits per heavy atom. The molecule has 1 rings (SSSR count). The molecule has 1 saturated carbocycles. The highest BCUT2D eigenvalue weighted by atomic mass is 16.3. The first kappa shape index (κ1) is 17.9. The van der Waals surface area contributed by atoms with Crippen molar-refractivity contribution in [3.8, 4) is 0 Å². The van der Waals surface area contributed by atoms with Gasteiger partial charge in [-0.05, 0) is 43.9 Å². The van der Waals surface area contributed by atoms with Crippen LogP contribution >= 0.6 is 0 Å². The van der Waals surface area contributed by atoms with Gasteiger partial charge in [0.25, 0.3) is 0 Å². The van der Waals surface area contributed by atoms with Crippen molar-refractivity contribution in [3.05, 3.63) is 0 Å². The summed E-state index contributed by atoms with van der Waals surface area (Å²) in [5.74, 6) is 1.19. The van der Waals surface area contributed by atoms with E-state index in [0.29, 0.717) is 12.0 Å². The molecule has 0 radical (unpaired) electrons. The Bertz CT molecular complexity index is 243. The first-order valence-electron chi connectivity index (χ1n) is 8.69. The van der Waals surface area contributed by atoms with Gasteiger partial charge in [0.1, 0.15) is 0 Å². The summed E-state index contributed by atoms with van der Waals surface area (Å²) >= 11 is 0. The minimum absolute atomic E-state index is 0.140. The molecule has 2 N–H and O–H groups in total. The van der Waals surface area contributed by atoms with E-state index < -0.39 is 0 Å². The van der Waals surface area contributed by atoms with E-state index in [1.165, 1.54) is 19.3 Å². The fourth-order valence-corrected chi connectivity index (χ4v) is 3.87. The van der Waals surface area contributed by atoms with E-state index in [1.54, 1.807) is 0 Å². The van der Waals surface area contributed by atoms with Gasteiger partial charge < -0.3 is 10.2 Å². The monoisotopic (exact) mass is 285 g/mol. The van der Waals surface area contributed by atoms with Gasteiger partial charge in [0, 0.05) is 19.1 Å². The van der Waals surface area contributed by atoms with Gasteiger partial charge in [-0.1, -0.05) is 33.6 Å². The van der Waals surface area contributed by atoms with Crippen LogP contribution in [0.5, 0.6) is 0 Å². The third-order valence-corrected chi connectivity index (χ3v) is 5.06. The van der Waals surface area contributed by atoms with E-state index in [9.17, 15) is 10.2 Å². The van der Waals surface area contributed by atoms with Crippen LogP contribution in [0.25, 0.3) is 0 Å². The second-order valence-corrected chi connectivity index (χ2v) is 6.48. The van der Waals surface area contributed by atoms with Gasteiger partial charge in [0.15, 0.2) is 0 Å². The molecule has 0 saturated heterocycles. The van der Waals surface area contributed by atoms with Crippen molar-refractivity contribution in [3.63, 3.8) is 0 Å². The summed E-state index contributed by atoms with van der Waals surface area (Å²) < 4.78 is 0. The lowest BCUT2D eigenvalue weighted by Crippen LogP contribution is -2.44. The summed E-state index contributed by atoms with van der Waals surface area (Å²) in [6, 6.07) is 0.543. The predicted molar refractivity (Wildman–Crippen MR) is 84.8 cm³/mol. The van der Waals surface area contributed by atoms with Crippen molar-refractivity contribution >= 4 is 0 Å². The fraction of sp³-hybridized carbons (Fsp3) is 1.00. The summed E-state index contributed by atoms with van der Waals surface area (Å²) in [5.41, 5.74) is 0. The maximum atomic E-state index is 10.3. The van der Waals surface area contributed by atoms with E-state index >= 15 is 0 Å². The van der Waals surface area contributed by atoms with Crippen molar-refractivity contribution in [2.75, 3.05) is 19.7 Å². The molecule has 3 nitrogen and oxygen atoms in total. The minimum Gasteiger partial charge on any atom is -0.395 e. The summed E-state index contributed by atoms with van der Waals surface area (Å²) in [7, 11) is 0. The van der Waals surface area contributed by atoms with Crippen LogP contribution in [0.2, 0.25) is 0 Å². The first-order chi connectivity index (χ1) is 9.65. The van der Waals surface area contributed by atoms with Crippen LogP contribution in [-0.4, -0.2) is 47.0 Å². The molecule has 1 fully saturated rings. The quantitative estimate of drug-likeness (QED) is 0.684. The molecule has 0 aliphatic heterocycles. The largest absolute Gasteiger partial charge is 0.395 e. The molecule has 3 unspecified atom stereocenters. The standard InChI is InChI=1S/C17H35NO2/c1-4-7-14-8-9-17(20)15(12-14)13-18(10-11-19)16(5-2)6-3/h14-17,19-20H,4-13H2,1-3H3. The van der Waals surface area contributed by atoms with Gasteiger partial charge >= 0.3 is 0 Å². The number of aliphatic hydroxyl groups is 2. The smallest absolute Gasteiger partial charge is 0.0580 e. The summed E-state index contributed by atoms with van der Waals surface area (Å²) in [6.45, 7) is 8.60. The Balaban J connectivity index is 2.59. The average Bonchev–Trinajstić information content (AvgIpc) is 2.44. The molecule has 0 heterocycles. The lowest BCUT2D eigenvalue weighted by atomic mass is 9.77. The molecule has 120 valence electrons. The van der Waals surface area contributed by atoms with Crippen molar-refractivity contribution < 1.29 is 10.2 Å². The van der Waals surface area contributed by atoms with E-state index in [0.717, 1.165) is 44.7 Å². The highest BCUT2D eigenvalue weighted by Crippen LogP contribution is 2.33. The van der Waals surface area contributed by atoms with Crippen LogP contribution in [0, 0.1) is 11.8 Å². The third kappa shape index (κ3) is 5.34. The Hall–Kier alpha value is -0.120. The number of rotatable bonds is 9. The Labute approximate surface area is 125 Å². The van der Waals surface area contributed by atoms with Crippen LogP contribution in [0.1, 0.15) is 65.7 Å². The SMILES string of the molecule is CCCC1CCC(O)C(CN(CCO)C(CC)CC)C1. The van der Waals surface area contributed by atoms with Gasteiger partial charge in [-0.3, -0.25) is 4.90 Å². The van der Waals surface area contributed by atoms with Crippen molar-refractivity contribution in [2.24, 2.45) is 11.8 Å². The molecule has 20 heavy (non-hydrogen) atoms. The summed E-state index contributed by atoms with van der Waals surface area (Å²) in [5, 5.41) is 19.6. The van der Waals surface area contributed by atoms with Gasteiger partial charge in [0.2, 0.25) is 0 Å². The number of aliphatic hydroxyl groups excluding tert-OH is 2. The lowest BCUT2D eigenvalue weighted by Gasteiger charge is -2.39. The van der Waals surface area contributed by atoms with Crippen LogP contribution < -0.4 is 0 Å². The molecule has 0 aromatic heterocycles. The number of hydrogen-bond acceptors (Lipinski definition) is 3. The van der Waals surface area contributed by atoms with Gasteiger partial charge in [0.05, 0.1) is 12.7 Å². The van der Waals surface area contributed by atoms with E-state index in [-0.39, 0.29) is 12.7 Å². The Morgan fingerprint density at radius 3 is 2.40 bits per heavy atom. The number of nitrogens with zero attached hydrogens (tertiary/aromatic N) is 1. The molecule has 0 aromatic carbocycles. The van der Waals surface area contributed by atoms with Crippen LogP contribution in [0.4, 0.5) is 0 Å². The molecule has 3 heteroatoms. The molecule has 0 amide bonds. The number of hydrogen-bond donors (Lipinski definition) is 2. The lowest BCUT2D eigenvalue weighted by molar-refractivity contribution is 0.0122. The minimum atomic E-state index is -0.140. The highest BCUT2D eigenvalue weighted by Gasteiger charge is 2.31. The molecule has 1 aliphatic carbocycles. The van der Waals surface area contributed by atoms with E-state index in [1.807, 2.05) is 0 Å². The van der Waals surface area contributed by atoms with Crippen LogP contribution in [0.3, 0.4) is 0 Å². The molecular formula is C17H35NO2. The Kier molecular flexibility index (Phi) is 8.74. The zero-order chi connectivity index (χ0) is 15.0. The fourth-order valence-electron chi connectivity index (χ4n) is 3.87. The maximum absolute atomic E-state index is 10.3. The molecule has 3 atom stereocenters. The second-order valence-electron chi connectivity index (χ2n) is 6.48. The average molecular weight is 285 g/mol. The summed E-state index contributed by atoms with van der Waals surface area (Å²) in [6.07, 6.45) is 7.97. The van der Waals surface area contributed by atoms with E-state index in [4.69, 9.17) is 0 Å². The first-order valence-corrected chi connectivity index (χ1v) is 8.69. The zero-order valence-electron chi connectivity index (χ0n) is 13.7. The molecule has 0 spiro atoms. The Morgan fingerprint density at radius 2 is 1.85 bits per heavy atom. The maximum Gasteiger partial charge on any atom is 0.0580 e. The van der Waals surface area contributed by atoms with Gasteiger partial charge in [-0.25, -0.2) is 0 Å². The molecule has 0 aromatic rings. The third-order valence-electron chi connectivity index (χ3n) is 5.06. The van der Waals surface area contributed by atoms with Gasteiger partial charge in [-0.15, -0.1) is 0 Å². The van der Waals surface area contributed by atoms with Crippen molar-refractivity contribution in [1.82, 2.24) is 4.90 Å². The normalized spacial score (nSPS) is 27.4. The molecular weight excluding hydrogens is 250 g/mol. The summed E-state index contributed by atoms with van der Waals surface area (Å²) in [4.78, 5) is 2.40. The van der Waals surface area contributed by atoms with Crippen LogP contribution in [0.15, 0.2) is 0 Å².